The van der Waals surface area contributed by atoms with Crippen molar-refractivity contribution in [3.63, 3.8) is 0 Å². The number of hydrogen-bond donors (Lipinski definition) is 0. The SMILES string of the molecule is CCCCCc1ncco1. The fraction of sp³-hybridized carbons (Fsp3) is 0.625. The largest absolute Gasteiger partial charge is 0.449 e. The summed E-state index contributed by atoms with van der Waals surface area (Å²) in [5.74, 6) is 0.869. The van der Waals surface area contributed by atoms with Gasteiger partial charge in [-0.25, -0.2) is 4.98 Å². The van der Waals surface area contributed by atoms with Crippen molar-refractivity contribution < 1.29 is 4.42 Å². The lowest BCUT2D eigenvalue weighted by atomic mass is 10.2. The van der Waals surface area contributed by atoms with Gasteiger partial charge in [0.05, 0.1) is 6.20 Å². The Balaban J connectivity index is 2.15. The van der Waals surface area contributed by atoms with Gasteiger partial charge in [-0.3, -0.25) is 0 Å². The molecular formula is C8H13NO. The van der Waals surface area contributed by atoms with Gasteiger partial charge in [-0.05, 0) is 6.42 Å². The van der Waals surface area contributed by atoms with Crippen LogP contribution in [0.5, 0.6) is 0 Å². The van der Waals surface area contributed by atoms with E-state index in [9.17, 15) is 0 Å². The zero-order valence-electron chi connectivity index (χ0n) is 6.34. The van der Waals surface area contributed by atoms with E-state index in [1.54, 1.807) is 12.5 Å². The summed E-state index contributed by atoms with van der Waals surface area (Å²) in [5, 5.41) is 0. The standard InChI is InChI=1S/C8H13NO/c1-2-3-4-5-8-9-6-7-10-8/h6-7H,2-5H2,1H3. The second kappa shape index (κ2) is 4.09. The number of unbranched alkanes of at least 4 members (excludes halogenated alkanes) is 2. The molecule has 0 bridgehead atoms. The molecule has 1 rings (SSSR count). The molecule has 2 nitrogen and oxygen atoms in total. The Bertz CT molecular complexity index is 158. The van der Waals surface area contributed by atoms with E-state index in [-0.39, 0.29) is 0 Å². The van der Waals surface area contributed by atoms with Gasteiger partial charge >= 0.3 is 0 Å². The number of hydrogen-bond acceptors (Lipinski definition) is 2. The maximum absolute atomic E-state index is 5.07. The van der Waals surface area contributed by atoms with Crippen molar-refractivity contribution in [2.24, 2.45) is 0 Å². The molecule has 0 aliphatic rings. The average molecular weight is 139 g/mol. The third-order valence-electron chi connectivity index (χ3n) is 1.48. The predicted octanol–water partition coefficient (Wildman–Crippen LogP) is 2.41. The molecule has 0 N–H and O–H groups in total. The molecule has 0 saturated carbocycles. The lowest BCUT2D eigenvalue weighted by Gasteiger charge is -1.91. The van der Waals surface area contributed by atoms with Crippen LogP contribution in [-0.2, 0) is 6.42 Å². The summed E-state index contributed by atoms with van der Waals surface area (Å²) in [6.07, 6.45) is 8.02. The van der Waals surface area contributed by atoms with E-state index in [4.69, 9.17) is 4.42 Å². The minimum Gasteiger partial charge on any atom is -0.449 e. The molecule has 0 aromatic carbocycles. The molecule has 0 atom stereocenters. The fourth-order valence-corrected chi connectivity index (χ4v) is 0.903. The first kappa shape index (κ1) is 7.32. The lowest BCUT2D eigenvalue weighted by Crippen LogP contribution is -1.83. The van der Waals surface area contributed by atoms with E-state index >= 15 is 0 Å². The van der Waals surface area contributed by atoms with E-state index in [0.29, 0.717) is 0 Å². The van der Waals surface area contributed by atoms with Crippen LogP contribution in [0.15, 0.2) is 16.9 Å². The minimum absolute atomic E-state index is 0.869. The quantitative estimate of drug-likeness (QED) is 0.599. The predicted molar refractivity (Wildman–Crippen MR) is 39.7 cm³/mol. The van der Waals surface area contributed by atoms with Gasteiger partial charge in [0.2, 0.25) is 0 Å². The van der Waals surface area contributed by atoms with Crippen LogP contribution in [0, 0.1) is 0 Å². The van der Waals surface area contributed by atoms with Crippen LogP contribution in [0.1, 0.15) is 32.1 Å². The van der Waals surface area contributed by atoms with Gasteiger partial charge in [-0.1, -0.05) is 19.8 Å². The first-order valence-corrected chi connectivity index (χ1v) is 3.82. The number of oxazole rings is 1. The van der Waals surface area contributed by atoms with Crippen molar-refractivity contribution in [2.75, 3.05) is 0 Å². The third-order valence-corrected chi connectivity index (χ3v) is 1.48. The molecule has 0 amide bonds. The molecule has 0 fully saturated rings. The summed E-state index contributed by atoms with van der Waals surface area (Å²) in [4.78, 5) is 4.02. The topological polar surface area (TPSA) is 26.0 Å². The van der Waals surface area contributed by atoms with Crippen molar-refractivity contribution in [1.29, 1.82) is 0 Å². The van der Waals surface area contributed by atoms with Crippen LogP contribution in [-0.4, -0.2) is 4.98 Å². The monoisotopic (exact) mass is 139 g/mol. The maximum Gasteiger partial charge on any atom is 0.193 e. The van der Waals surface area contributed by atoms with Crippen LogP contribution in [0.4, 0.5) is 0 Å². The lowest BCUT2D eigenvalue weighted by molar-refractivity contribution is 0.482. The van der Waals surface area contributed by atoms with Gasteiger partial charge < -0.3 is 4.42 Å². The Hall–Kier alpha value is -0.790. The summed E-state index contributed by atoms with van der Waals surface area (Å²) < 4.78 is 5.07. The number of nitrogens with zero attached hydrogens (tertiary/aromatic N) is 1. The second-order valence-corrected chi connectivity index (χ2v) is 2.38. The van der Waals surface area contributed by atoms with Crippen LogP contribution < -0.4 is 0 Å². The van der Waals surface area contributed by atoms with Crippen LogP contribution >= 0.6 is 0 Å². The van der Waals surface area contributed by atoms with Crippen molar-refractivity contribution in [1.82, 2.24) is 4.98 Å². The number of aromatic nitrogens is 1. The highest BCUT2D eigenvalue weighted by Gasteiger charge is 1.94. The minimum atomic E-state index is 0.869. The van der Waals surface area contributed by atoms with Crippen LogP contribution in [0.3, 0.4) is 0 Å². The molecule has 0 spiro atoms. The Morgan fingerprint density at radius 3 is 3.00 bits per heavy atom. The van der Waals surface area contributed by atoms with Gasteiger partial charge in [0.15, 0.2) is 5.89 Å². The van der Waals surface area contributed by atoms with Gasteiger partial charge in [0.1, 0.15) is 6.26 Å². The smallest absolute Gasteiger partial charge is 0.193 e. The summed E-state index contributed by atoms with van der Waals surface area (Å²) in [6.45, 7) is 2.19. The summed E-state index contributed by atoms with van der Waals surface area (Å²) >= 11 is 0. The molecule has 56 valence electrons. The third kappa shape index (κ3) is 2.21. The Morgan fingerprint density at radius 2 is 2.40 bits per heavy atom. The Kier molecular flexibility index (Phi) is 3.00. The molecule has 1 aromatic heterocycles. The van der Waals surface area contributed by atoms with Gasteiger partial charge in [-0.2, -0.15) is 0 Å². The van der Waals surface area contributed by atoms with Crippen LogP contribution in [0.25, 0.3) is 0 Å². The van der Waals surface area contributed by atoms with Crippen molar-refractivity contribution in [3.05, 3.63) is 18.4 Å². The van der Waals surface area contributed by atoms with Crippen molar-refractivity contribution in [3.8, 4) is 0 Å². The van der Waals surface area contributed by atoms with Gasteiger partial charge in [0.25, 0.3) is 0 Å². The molecule has 0 radical (unpaired) electrons. The van der Waals surface area contributed by atoms with E-state index in [1.165, 1.54) is 19.3 Å². The maximum atomic E-state index is 5.07. The highest BCUT2D eigenvalue weighted by Crippen LogP contribution is 2.02. The van der Waals surface area contributed by atoms with Gasteiger partial charge in [-0.15, -0.1) is 0 Å². The van der Waals surface area contributed by atoms with Gasteiger partial charge in [0, 0.05) is 6.42 Å². The Labute approximate surface area is 61.3 Å². The van der Waals surface area contributed by atoms with E-state index in [1.807, 2.05) is 0 Å². The average Bonchev–Trinajstić information content (AvgIpc) is 2.41. The first-order valence-electron chi connectivity index (χ1n) is 3.82. The van der Waals surface area contributed by atoms with E-state index in [2.05, 4.69) is 11.9 Å². The molecule has 1 heterocycles. The van der Waals surface area contributed by atoms with E-state index in [0.717, 1.165) is 12.3 Å². The second-order valence-electron chi connectivity index (χ2n) is 2.38. The summed E-state index contributed by atoms with van der Waals surface area (Å²) in [5.41, 5.74) is 0. The molecule has 0 unspecified atom stereocenters. The molecule has 0 aliphatic heterocycles. The Morgan fingerprint density at radius 1 is 1.50 bits per heavy atom. The fourth-order valence-electron chi connectivity index (χ4n) is 0.903. The number of rotatable bonds is 4. The molecule has 0 saturated heterocycles. The first-order chi connectivity index (χ1) is 4.93. The molecular weight excluding hydrogens is 126 g/mol. The normalized spacial score (nSPS) is 10.1. The highest BCUT2D eigenvalue weighted by atomic mass is 16.3. The van der Waals surface area contributed by atoms with Crippen LogP contribution in [0.2, 0.25) is 0 Å². The number of aryl methyl sites for hydroxylation is 1. The van der Waals surface area contributed by atoms with E-state index < -0.39 is 0 Å². The highest BCUT2D eigenvalue weighted by molar-refractivity contribution is 4.79. The summed E-state index contributed by atoms with van der Waals surface area (Å²) in [7, 11) is 0. The van der Waals surface area contributed by atoms with Crippen molar-refractivity contribution >= 4 is 0 Å². The molecule has 0 aliphatic carbocycles. The van der Waals surface area contributed by atoms with Crippen molar-refractivity contribution in [2.45, 2.75) is 32.6 Å². The zero-order valence-corrected chi connectivity index (χ0v) is 6.34. The zero-order chi connectivity index (χ0) is 7.23. The molecule has 10 heavy (non-hydrogen) atoms. The summed E-state index contributed by atoms with van der Waals surface area (Å²) in [6, 6.07) is 0. The molecule has 2 heteroatoms. The molecule has 1 aromatic rings.